The van der Waals surface area contributed by atoms with E-state index in [0.717, 1.165) is 33.6 Å². The molecule has 3 aromatic rings. The number of nitrogens with zero attached hydrogens (tertiary/aromatic N) is 1. The van der Waals surface area contributed by atoms with Crippen molar-refractivity contribution in [2.75, 3.05) is 11.5 Å². The van der Waals surface area contributed by atoms with Crippen molar-refractivity contribution in [3.8, 4) is 0 Å². The van der Waals surface area contributed by atoms with Crippen molar-refractivity contribution in [1.82, 2.24) is 0 Å². The van der Waals surface area contributed by atoms with Crippen molar-refractivity contribution in [3.63, 3.8) is 0 Å². The maximum Gasteiger partial charge on any atom is 0.296 e. The molecule has 0 aromatic heterocycles. The molecule has 0 fully saturated rings. The molecule has 0 radical (unpaired) electrons. The topological polar surface area (TPSA) is 63.7 Å². The second-order valence-electron chi connectivity index (χ2n) is 8.36. The first-order valence-corrected chi connectivity index (χ1v) is 12.5. The van der Waals surface area contributed by atoms with E-state index in [4.69, 9.17) is 4.18 Å². The van der Waals surface area contributed by atoms with Crippen LogP contribution in [0.25, 0.3) is 6.08 Å². The first-order chi connectivity index (χ1) is 16.3. The van der Waals surface area contributed by atoms with E-state index in [1.54, 1.807) is 17.0 Å². The van der Waals surface area contributed by atoms with Gasteiger partial charge in [-0.2, -0.15) is 8.42 Å². The van der Waals surface area contributed by atoms with Crippen LogP contribution in [0.1, 0.15) is 30.0 Å². The van der Waals surface area contributed by atoms with E-state index in [-0.39, 0.29) is 23.8 Å². The van der Waals surface area contributed by atoms with Gasteiger partial charge in [-0.25, -0.2) is 0 Å². The van der Waals surface area contributed by atoms with Crippen molar-refractivity contribution in [2.45, 2.75) is 32.1 Å². The molecule has 0 saturated carbocycles. The van der Waals surface area contributed by atoms with Gasteiger partial charge in [0.25, 0.3) is 16.0 Å². The van der Waals surface area contributed by atoms with Gasteiger partial charge in [-0.1, -0.05) is 65.7 Å². The summed E-state index contributed by atoms with van der Waals surface area (Å²) in [6.45, 7) is 5.66. The summed E-state index contributed by atoms with van der Waals surface area (Å²) in [6, 6.07) is 24.1. The van der Waals surface area contributed by atoms with Gasteiger partial charge in [0, 0.05) is 17.7 Å². The Hall–Kier alpha value is -3.48. The Balaban J connectivity index is 1.61. The Morgan fingerprint density at radius 3 is 2.03 bits per heavy atom. The summed E-state index contributed by atoms with van der Waals surface area (Å²) in [7, 11) is -3.90. The van der Waals surface area contributed by atoms with Crippen LogP contribution in [-0.4, -0.2) is 20.9 Å². The zero-order valence-electron chi connectivity index (χ0n) is 19.5. The molecule has 1 aliphatic rings. The summed E-state index contributed by atoms with van der Waals surface area (Å²) in [5, 5.41) is 0. The monoisotopic (exact) mass is 473 g/mol. The zero-order chi connectivity index (χ0) is 24.3. The van der Waals surface area contributed by atoms with Crippen LogP contribution in [0.5, 0.6) is 0 Å². The number of aryl methyl sites for hydroxylation is 2. The van der Waals surface area contributed by atoms with Crippen molar-refractivity contribution in [3.05, 3.63) is 112 Å². The van der Waals surface area contributed by atoms with Gasteiger partial charge >= 0.3 is 0 Å². The lowest BCUT2D eigenvalue weighted by Gasteiger charge is -2.20. The lowest BCUT2D eigenvalue weighted by atomic mass is 10.1. The highest BCUT2D eigenvalue weighted by Gasteiger charge is 2.33. The van der Waals surface area contributed by atoms with Gasteiger partial charge < -0.3 is 0 Å². The molecule has 1 aliphatic heterocycles. The summed E-state index contributed by atoms with van der Waals surface area (Å²) >= 11 is 0. The molecule has 0 atom stereocenters. The van der Waals surface area contributed by atoms with Crippen molar-refractivity contribution in [2.24, 2.45) is 0 Å². The van der Waals surface area contributed by atoms with Gasteiger partial charge in [0.15, 0.2) is 0 Å². The summed E-state index contributed by atoms with van der Waals surface area (Å²) in [6.07, 6.45) is 2.16. The third-order valence-electron chi connectivity index (χ3n) is 5.83. The molecule has 6 heteroatoms. The van der Waals surface area contributed by atoms with E-state index in [2.05, 4.69) is 0 Å². The molecule has 1 heterocycles. The Labute approximate surface area is 201 Å². The van der Waals surface area contributed by atoms with Crippen LogP contribution in [0.15, 0.2) is 101 Å². The van der Waals surface area contributed by atoms with E-state index in [1.165, 1.54) is 12.1 Å². The first kappa shape index (κ1) is 23.7. The molecule has 0 saturated heterocycles. The fourth-order valence-corrected chi connectivity index (χ4v) is 4.79. The molecule has 0 aliphatic carbocycles. The number of benzene rings is 3. The van der Waals surface area contributed by atoms with Gasteiger partial charge in [0.2, 0.25) is 0 Å². The molecule has 1 amide bonds. The number of hydrogen-bond donors (Lipinski definition) is 0. The normalized spacial score (nSPS) is 15.4. The number of amides is 1. The van der Waals surface area contributed by atoms with Gasteiger partial charge in [-0.05, 0) is 62.2 Å². The van der Waals surface area contributed by atoms with Crippen LogP contribution in [0, 0.1) is 13.8 Å². The summed E-state index contributed by atoms with van der Waals surface area (Å²) < 4.78 is 30.4. The number of rotatable bonds is 7. The van der Waals surface area contributed by atoms with Crippen molar-refractivity contribution in [1.29, 1.82) is 0 Å². The number of carbonyl (C=O) groups is 1. The highest BCUT2D eigenvalue weighted by Crippen LogP contribution is 2.36. The predicted molar refractivity (Wildman–Crippen MR) is 135 cm³/mol. The van der Waals surface area contributed by atoms with E-state index in [9.17, 15) is 13.2 Å². The minimum Gasteiger partial charge on any atom is -0.277 e. The zero-order valence-corrected chi connectivity index (χ0v) is 20.3. The van der Waals surface area contributed by atoms with Crippen LogP contribution in [0.3, 0.4) is 0 Å². The Morgan fingerprint density at radius 1 is 0.824 bits per heavy atom. The van der Waals surface area contributed by atoms with E-state index >= 15 is 0 Å². The minimum atomic E-state index is -3.90. The smallest absolute Gasteiger partial charge is 0.277 e. The highest BCUT2D eigenvalue weighted by atomic mass is 32.2. The third kappa shape index (κ3) is 5.03. The fourth-order valence-electron chi connectivity index (χ4n) is 3.88. The van der Waals surface area contributed by atoms with Crippen molar-refractivity contribution < 1.29 is 17.4 Å². The SMILES string of the molecule is CC1=C(CCOS(=O)(=O)c2ccc(C)cc2)C(=O)N(c2ccc(C)cc2)/C1=C/c1ccccc1. The highest BCUT2D eigenvalue weighted by molar-refractivity contribution is 7.86. The Kier molecular flexibility index (Phi) is 6.82. The molecule has 34 heavy (non-hydrogen) atoms. The van der Waals surface area contributed by atoms with Gasteiger partial charge in [-0.3, -0.25) is 13.9 Å². The number of hydrogen-bond acceptors (Lipinski definition) is 4. The summed E-state index contributed by atoms with van der Waals surface area (Å²) in [4.78, 5) is 15.3. The third-order valence-corrected chi connectivity index (χ3v) is 7.16. The molecule has 0 N–H and O–H groups in total. The second kappa shape index (κ2) is 9.79. The van der Waals surface area contributed by atoms with Crippen LogP contribution < -0.4 is 4.90 Å². The number of carbonyl (C=O) groups excluding carboxylic acids is 1. The van der Waals surface area contributed by atoms with E-state index < -0.39 is 10.1 Å². The van der Waals surface area contributed by atoms with Crippen molar-refractivity contribution >= 4 is 27.8 Å². The van der Waals surface area contributed by atoms with Gasteiger partial charge in [-0.15, -0.1) is 0 Å². The Morgan fingerprint density at radius 2 is 1.41 bits per heavy atom. The fraction of sp³-hybridized carbons (Fsp3) is 0.179. The quantitative estimate of drug-likeness (QED) is 0.407. The van der Waals surface area contributed by atoms with E-state index in [1.807, 2.05) is 81.4 Å². The molecular weight excluding hydrogens is 446 g/mol. The molecule has 5 nitrogen and oxygen atoms in total. The van der Waals surface area contributed by atoms with Crippen LogP contribution in [0.4, 0.5) is 5.69 Å². The molecular formula is C28H27NO4S. The molecule has 0 spiro atoms. The summed E-state index contributed by atoms with van der Waals surface area (Å²) in [5.74, 6) is -0.167. The van der Waals surface area contributed by atoms with Crippen LogP contribution >= 0.6 is 0 Å². The van der Waals surface area contributed by atoms with Gasteiger partial charge in [0.05, 0.1) is 17.2 Å². The molecule has 0 bridgehead atoms. The molecule has 4 rings (SSSR count). The van der Waals surface area contributed by atoms with Crippen LogP contribution in [0.2, 0.25) is 0 Å². The van der Waals surface area contributed by atoms with Crippen LogP contribution in [-0.2, 0) is 19.1 Å². The first-order valence-electron chi connectivity index (χ1n) is 11.1. The summed E-state index contributed by atoms with van der Waals surface area (Å²) in [5.41, 5.74) is 5.93. The standard InChI is InChI=1S/C28H27NO4S/c1-20-9-13-24(14-10-20)29-27(19-23-7-5-4-6-8-23)22(3)26(28(29)30)17-18-33-34(31,32)25-15-11-21(2)12-16-25/h4-16,19H,17-18H2,1-3H3/b27-19+. The molecule has 3 aromatic carbocycles. The van der Waals surface area contributed by atoms with Gasteiger partial charge in [0.1, 0.15) is 0 Å². The molecule has 174 valence electrons. The number of allylic oxidation sites excluding steroid dienone is 1. The maximum absolute atomic E-state index is 13.5. The minimum absolute atomic E-state index is 0.104. The average Bonchev–Trinajstić information content (AvgIpc) is 3.05. The second-order valence-corrected chi connectivity index (χ2v) is 9.97. The lowest BCUT2D eigenvalue weighted by Crippen LogP contribution is -2.25. The van der Waals surface area contributed by atoms with E-state index in [0.29, 0.717) is 5.57 Å². The lowest BCUT2D eigenvalue weighted by molar-refractivity contribution is -0.114. The number of anilines is 1. The molecule has 0 unspecified atom stereocenters. The maximum atomic E-state index is 13.5. The Bertz CT molecular complexity index is 1350. The average molecular weight is 474 g/mol. The predicted octanol–water partition coefficient (Wildman–Crippen LogP) is 5.80. The largest absolute Gasteiger partial charge is 0.296 e.